The summed E-state index contributed by atoms with van der Waals surface area (Å²) in [5.74, 6) is -2.80. The van der Waals surface area contributed by atoms with Gasteiger partial charge in [0.2, 0.25) is 5.78 Å². The molecule has 1 aromatic carbocycles. The lowest BCUT2D eigenvalue weighted by molar-refractivity contribution is -0.161. The first-order valence-corrected chi connectivity index (χ1v) is 8.33. The van der Waals surface area contributed by atoms with Gasteiger partial charge >= 0.3 is 5.97 Å². The van der Waals surface area contributed by atoms with Crippen molar-refractivity contribution in [2.45, 2.75) is 46.1 Å². The average molecular weight is 331 g/mol. The van der Waals surface area contributed by atoms with Crippen LogP contribution in [0.25, 0.3) is 0 Å². The summed E-state index contributed by atoms with van der Waals surface area (Å²) in [6.07, 6.45) is 0.323. The average Bonchev–Trinajstić information content (AvgIpc) is 2.52. The first-order chi connectivity index (χ1) is 11.2. The number of likely N-dealkylation sites (tertiary alicyclic amines) is 1. The molecule has 0 spiro atoms. The third-order valence-electron chi connectivity index (χ3n) is 4.27. The normalized spacial score (nSPS) is 18.7. The van der Waals surface area contributed by atoms with Crippen molar-refractivity contribution in [2.24, 2.45) is 5.92 Å². The second-order valence-electron chi connectivity index (χ2n) is 7.13. The molecule has 1 aromatic rings. The van der Waals surface area contributed by atoms with Gasteiger partial charge in [-0.2, -0.15) is 0 Å². The second-order valence-corrected chi connectivity index (χ2v) is 7.13. The van der Waals surface area contributed by atoms with E-state index in [1.165, 1.54) is 10.5 Å². The SMILES string of the molecule is CCOC(=O)[C@@H]1CCN(Cc2ccc(C(C)(C)C)cc2)C(=O)C1=O. The number of rotatable bonds is 4. The van der Waals surface area contributed by atoms with E-state index in [0.29, 0.717) is 19.5 Å². The Labute approximate surface area is 143 Å². The summed E-state index contributed by atoms with van der Waals surface area (Å²) < 4.78 is 4.87. The largest absolute Gasteiger partial charge is 0.465 e. The number of piperidine rings is 1. The zero-order valence-electron chi connectivity index (χ0n) is 14.8. The van der Waals surface area contributed by atoms with Gasteiger partial charge in [0.15, 0.2) is 0 Å². The monoisotopic (exact) mass is 331 g/mol. The molecule has 5 nitrogen and oxygen atoms in total. The third kappa shape index (κ3) is 4.02. The standard InChI is InChI=1S/C19H25NO4/c1-5-24-18(23)15-10-11-20(17(22)16(15)21)12-13-6-8-14(9-7-13)19(2,3)4/h6-9,15H,5,10-12H2,1-4H3/t15-/m1/s1. The van der Waals surface area contributed by atoms with Crippen LogP contribution in [0.3, 0.4) is 0 Å². The molecule has 0 unspecified atom stereocenters. The van der Waals surface area contributed by atoms with E-state index in [0.717, 1.165) is 5.56 Å². The molecule has 0 aliphatic carbocycles. The van der Waals surface area contributed by atoms with Crippen molar-refractivity contribution >= 4 is 17.7 Å². The van der Waals surface area contributed by atoms with Crippen LogP contribution in [0.5, 0.6) is 0 Å². The van der Waals surface area contributed by atoms with Crippen molar-refractivity contribution in [3.8, 4) is 0 Å². The Morgan fingerprint density at radius 3 is 2.38 bits per heavy atom. The van der Waals surface area contributed by atoms with E-state index >= 15 is 0 Å². The van der Waals surface area contributed by atoms with Crippen molar-refractivity contribution in [3.05, 3.63) is 35.4 Å². The van der Waals surface area contributed by atoms with E-state index in [1.54, 1.807) is 6.92 Å². The van der Waals surface area contributed by atoms with Gasteiger partial charge in [-0.1, -0.05) is 45.0 Å². The highest BCUT2D eigenvalue weighted by Gasteiger charge is 2.39. The summed E-state index contributed by atoms with van der Waals surface area (Å²) in [6, 6.07) is 8.06. The topological polar surface area (TPSA) is 63.7 Å². The van der Waals surface area contributed by atoms with Crippen LogP contribution >= 0.6 is 0 Å². The molecule has 0 N–H and O–H groups in total. The number of carbonyl (C=O) groups excluding carboxylic acids is 3. The van der Waals surface area contributed by atoms with Crippen LogP contribution in [-0.4, -0.2) is 35.7 Å². The lowest BCUT2D eigenvalue weighted by Crippen LogP contribution is -2.48. The van der Waals surface area contributed by atoms with Crippen LogP contribution in [-0.2, 0) is 31.1 Å². The molecule has 0 aromatic heterocycles. The van der Waals surface area contributed by atoms with E-state index in [4.69, 9.17) is 4.74 Å². The van der Waals surface area contributed by atoms with Crippen molar-refractivity contribution in [2.75, 3.05) is 13.2 Å². The maximum absolute atomic E-state index is 12.2. The molecule has 130 valence electrons. The number of hydrogen-bond acceptors (Lipinski definition) is 4. The predicted octanol–water partition coefficient (Wildman–Crippen LogP) is 2.46. The first-order valence-electron chi connectivity index (χ1n) is 8.33. The van der Waals surface area contributed by atoms with E-state index in [-0.39, 0.29) is 12.0 Å². The van der Waals surface area contributed by atoms with Crippen molar-refractivity contribution < 1.29 is 19.1 Å². The number of esters is 1. The van der Waals surface area contributed by atoms with E-state index in [1.807, 2.05) is 24.3 Å². The minimum atomic E-state index is -0.947. The van der Waals surface area contributed by atoms with Gasteiger partial charge < -0.3 is 9.64 Å². The Morgan fingerprint density at radius 2 is 1.83 bits per heavy atom. The highest BCUT2D eigenvalue weighted by Crippen LogP contribution is 2.23. The molecular formula is C19H25NO4. The van der Waals surface area contributed by atoms with Crippen molar-refractivity contribution in [1.29, 1.82) is 0 Å². The number of carbonyl (C=O) groups is 3. The van der Waals surface area contributed by atoms with Crippen LogP contribution in [0.15, 0.2) is 24.3 Å². The quantitative estimate of drug-likeness (QED) is 0.483. The van der Waals surface area contributed by atoms with E-state index < -0.39 is 23.6 Å². The Kier molecular flexibility index (Phi) is 5.42. The number of Topliss-reactive ketones (excluding diaryl/α,β-unsaturated/α-hetero) is 1. The fourth-order valence-electron chi connectivity index (χ4n) is 2.77. The van der Waals surface area contributed by atoms with Gasteiger partial charge in [-0.25, -0.2) is 0 Å². The summed E-state index contributed by atoms with van der Waals surface area (Å²) in [5, 5.41) is 0. The maximum atomic E-state index is 12.2. The molecule has 1 atom stereocenters. The van der Waals surface area contributed by atoms with Crippen molar-refractivity contribution in [3.63, 3.8) is 0 Å². The van der Waals surface area contributed by atoms with Gasteiger partial charge in [0, 0.05) is 13.1 Å². The van der Waals surface area contributed by atoms with Crippen LogP contribution in [0.2, 0.25) is 0 Å². The molecule has 1 aliphatic rings. The zero-order chi connectivity index (χ0) is 17.9. The van der Waals surface area contributed by atoms with Gasteiger partial charge in [0.25, 0.3) is 5.91 Å². The van der Waals surface area contributed by atoms with Crippen LogP contribution < -0.4 is 0 Å². The molecule has 1 fully saturated rings. The fraction of sp³-hybridized carbons (Fsp3) is 0.526. The zero-order valence-corrected chi connectivity index (χ0v) is 14.8. The minimum Gasteiger partial charge on any atom is -0.465 e. The number of ketones is 1. The predicted molar refractivity (Wildman–Crippen MR) is 90.3 cm³/mol. The summed E-state index contributed by atoms with van der Waals surface area (Å²) in [7, 11) is 0. The number of amides is 1. The Bertz CT molecular complexity index is 628. The Hall–Kier alpha value is -2.17. The van der Waals surface area contributed by atoms with Crippen LogP contribution in [0.4, 0.5) is 0 Å². The summed E-state index contributed by atoms with van der Waals surface area (Å²) in [4.78, 5) is 37.6. The third-order valence-corrected chi connectivity index (χ3v) is 4.27. The molecule has 0 radical (unpaired) electrons. The molecule has 5 heteroatoms. The van der Waals surface area contributed by atoms with Crippen molar-refractivity contribution in [1.82, 2.24) is 4.90 Å². The number of ether oxygens (including phenoxy) is 1. The first kappa shape index (κ1) is 18.2. The smallest absolute Gasteiger partial charge is 0.317 e. The lowest BCUT2D eigenvalue weighted by atomic mass is 9.86. The second kappa shape index (κ2) is 7.16. The van der Waals surface area contributed by atoms with Crippen LogP contribution in [0.1, 0.15) is 45.2 Å². The van der Waals surface area contributed by atoms with E-state index in [2.05, 4.69) is 20.8 Å². The summed E-state index contributed by atoms with van der Waals surface area (Å²) in [5.41, 5.74) is 2.26. The minimum absolute atomic E-state index is 0.0717. The molecule has 0 saturated carbocycles. The molecule has 24 heavy (non-hydrogen) atoms. The Balaban J connectivity index is 2.03. The molecule has 2 rings (SSSR count). The van der Waals surface area contributed by atoms with Gasteiger partial charge in [0.05, 0.1) is 6.61 Å². The highest BCUT2D eigenvalue weighted by atomic mass is 16.5. The number of nitrogens with zero attached hydrogens (tertiary/aromatic N) is 1. The van der Waals surface area contributed by atoms with Gasteiger partial charge in [-0.15, -0.1) is 0 Å². The Morgan fingerprint density at radius 1 is 1.21 bits per heavy atom. The lowest BCUT2D eigenvalue weighted by Gasteiger charge is -2.29. The maximum Gasteiger partial charge on any atom is 0.317 e. The molecular weight excluding hydrogens is 306 g/mol. The van der Waals surface area contributed by atoms with Gasteiger partial charge in [-0.3, -0.25) is 14.4 Å². The van der Waals surface area contributed by atoms with Crippen LogP contribution in [0, 0.1) is 5.92 Å². The summed E-state index contributed by atoms with van der Waals surface area (Å²) >= 11 is 0. The number of hydrogen-bond donors (Lipinski definition) is 0. The molecule has 1 saturated heterocycles. The fourth-order valence-corrected chi connectivity index (χ4v) is 2.77. The van der Waals surface area contributed by atoms with Gasteiger partial charge in [0.1, 0.15) is 5.92 Å². The van der Waals surface area contributed by atoms with E-state index in [9.17, 15) is 14.4 Å². The molecule has 1 aliphatic heterocycles. The highest BCUT2D eigenvalue weighted by molar-refractivity contribution is 6.40. The van der Waals surface area contributed by atoms with Gasteiger partial charge in [-0.05, 0) is 29.9 Å². The summed E-state index contributed by atoms with van der Waals surface area (Å²) in [6.45, 7) is 9.08. The molecule has 0 bridgehead atoms. The number of benzene rings is 1. The molecule has 1 heterocycles. The molecule has 1 amide bonds.